The van der Waals surface area contributed by atoms with Gasteiger partial charge in [0.2, 0.25) is 5.91 Å². The minimum absolute atomic E-state index is 0. The number of rotatable bonds is 4. The molecule has 0 radical (unpaired) electrons. The van der Waals surface area contributed by atoms with Crippen molar-refractivity contribution in [2.45, 2.75) is 51.0 Å². The fraction of sp³-hybridized carbons (Fsp3) is 0.765. The fourth-order valence-corrected chi connectivity index (χ4v) is 5.31. The van der Waals surface area contributed by atoms with Crippen LogP contribution in [0.1, 0.15) is 55.6 Å². The van der Waals surface area contributed by atoms with Crippen LogP contribution in [0.25, 0.3) is 0 Å². The van der Waals surface area contributed by atoms with Crippen molar-refractivity contribution in [3.8, 4) is 0 Å². The lowest BCUT2D eigenvalue weighted by molar-refractivity contribution is -0.132. The molecule has 2 unspecified atom stereocenters. The number of likely N-dealkylation sites (tertiary alicyclic amines) is 1. The van der Waals surface area contributed by atoms with Gasteiger partial charge in [0.25, 0.3) is 0 Å². The normalized spacial score (nSPS) is 23.7. The average molecular weight is 426 g/mol. The van der Waals surface area contributed by atoms with Crippen LogP contribution in [0, 0.1) is 0 Å². The SMILES string of the molecule is CC(C)c1csc(C2CCCN(C(=O)CC3CSCCN3)C2)n1.Cl.Cl. The molecule has 0 saturated carbocycles. The highest BCUT2D eigenvalue weighted by Crippen LogP contribution is 2.31. The Morgan fingerprint density at radius 3 is 2.88 bits per heavy atom. The van der Waals surface area contributed by atoms with Crippen LogP contribution in [0.2, 0.25) is 0 Å². The first-order valence-electron chi connectivity index (χ1n) is 8.67. The smallest absolute Gasteiger partial charge is 0.224 e. The summed E-state index contributed by atoms with van der Waals surface area (Å²) >= 11 is 3.72. The topological polar surface area (TPSA) is 45.2 Å². The van der Waals surface area contributed by atoms with E-state index in [0.29, 0.717) is 30.2 Å². The molecule has 4 nitrogen and oxygen atoms in total. The van der Waals surface area contributed by atoms with Crippen LogP contribution in [0.15, 0.2) is 5.38 Å². The summed E-state index contributed by atoms with van der Waals surface area (Å²) in [4.78, 5) is 19.5. The Labute approximate surface area is 171 Å². The van der Waals surface area contributed by atoms with E-state index in [2.05, 4.69) is 29.4 Å². The lowest BCUT2D eigenvalue weighted by atomic mass is 9.98. The second-order valence-electron chi connectivity index (χ2n) is 6.87. The second kappa shape index (κ2) is 11.0. The van der Waals surface area contributed by atoms with Gasteiger partial charge in [-0.2, -0.15) is 11.8 Å². The summed E-state index contributed by atoms with van der Waals surface area (Å²) in [5.41, 5.74) is 1.19. The third-order valence-corrected chi connectivity index (χ3v) is 6.83. The largest absolute Gasteiger partial charge is 0.342 e. The minimum atomic E-state index is 0. The molecule has 25 heavy (non-hydrogen) atoms. The van der Waals surface area contributed by atoms with Gasteiger partial charge in [0, 0.05) is 54.9 Å². The Balaban J connectivity index is 0.00000156. The molecule has 3 rings (SSSR count). The van der Waals surface area contributed by atoms with Gasteiger partial charge in [-0.05, 0) is 18.8 Å². The molecule has 2 atom stereocenters. The van der Waals surface area contributed by atoms with Crippen LogP contribution in [0.5, 0.6) is 0 Å². The van der Waals surface area contributed by atoms with E-state index in [9.17, 15) is 4.79 Å². The van der Waals surface area contributed by atoms with Crippen molar-refractivity contribution in [1.82, 2.24) is 15.2 Å². The average Bonchev–Trinajstić information content (AvgIpc) is 3.06. The number of aromatic nitrogens is 1. The molecule has 0 spiro atoms. The summed E-state index contributed by atoms with van der Waals surface area (Å²) in [5.74, 6) is 3.46. The van der Waals surface area contributed by atoms with E-state index in [1.807, 2.05) is 11.8 Å². The van der Waals surface area contributed by atoms with Gasteiger partial charge in [0.05, 0.1) is 10.7 Å². The molecule has 1 aromatic heterocycles. The van der Waals surface area contributed by atoms with Gasteiger partial charge in [-0.25, -0.2) is 4.98 Å². The number of halogens is 2. The number of nitrogens with one attached hydrogen (secondary N) is 1. The monoisotopic (exact) mass is 425 g/mol. The number of amides is 1. The number of hydrogen-bond donors (Lipinski definition) is 1. The highest BCUT2D eigenvalue weighted by Gasteiger charge is 2.28. The third kappa shape index (κ3) is 6.28. The standard InChI is InChI=1S/C17H27N3OS2.2ClH/c1-12(2)15-11-23-17(19-15)13-4-3-6-20(9-13)16(21)8-14-10-22-7-5-18-14;;/h11-14,18H,3-10H2,1-2H3;2*1H. The third-order valence-electron chi connectivity index (χ3n) is 4.67. The quantitative estimate of drug-likeness (QED) is 0.793. The Morgan fingerprint density at radius 1 is 1.44 bits per heavy atom. The molecule has 1 amide bonds. The summed E-state index contributed by atoms with van der Waals surface area (Å²) in [6.07, 6.45) is 2.90. The minimum Gasteiger partial charge on any atom is -0.342 e. The van der Waals surface area contributed by atoms with Gasteiger partial charge in [0.15, 0.2) is 0 Å². The number of carbonyl (C=O) groups is 1. The lowest BCUT2D eigenvalue weighted by Crippen LogP contribution is -2.45. The van der Waals surface area contributed by atoms with E-state index < -0.39 is 0 Å². The molecule has 8 heteroatoms. The molecular formula is C17H29Cl2N3OS2. The molecule has 2 fully saturated rings. The first-order valence-corrected chi connectivity index (χ1v) is 10.7. The summed E-state index contributed by atoms with van der Waals surface area (Å²) < 4.78 is 0. The van der Waals surface area contributed by atoms with Crippen molar-refractivity contribution in [2.24, 2.45) is 0 Å². The summed E-state index contributed by atoms with van der Waals surface area (Å²) in [5, 5.41) is 6.87. The predicted octanol–water partition coefficient (Wildman–Crippen LogP) is 3.91. The highest BCUT2D eigenvalue weighted by molar-refractivity contribution is 7.99. The van der Waals surface area contributed by atoms with E-state index in [4.69, 9.17) is 4.98 Å². The molecule has 1 N–H and O–H groups in total. The van der Waals surface area contributed by atoms with Gasteiger partial charge in [-0.15, -0.1) is 36.2 Å². The van der Waals surface area contributed by atoms with Crippen LogP contribution >= 0.6 is 47.9 Å². The molecule has 2 saturated heterocycles. The van der Waals surface area contributed by atoms with Crippen molar-refractivity contribution in [3.63, 3.8) is 0 Å². The number of piperidine rings is 1. The molecule has 2 aliphatic rings. The molecule has 0 aliphatic carbocycles. The Hall–Kier alpha value is -0.0100. The van der Waals surface area contributed by atoms with Gasteiger partial charge >= 0.3 is 0 Å². The zero-order valence-electron chi connectivity index (χ0n) is 14.9. The van der Waals surface area contributed by atoms with E-state index in [1.165, 1.54) is 16.5 Å². The van der Waals surface area contributed by atoms with Gasteiger partial charge in [-0.3, -0.25) is 4.79 Å². The maximum atomic E-state index is 12.6. The van der Waals surface area contributed by atoms with Crippen molar-refractivity contribution in [3.05, 3.63) is 16.1 Å². The number of thioether (sulfide) groups is 1. The molecule has 0 aromatic carbocycles. The molecule has 144 valence electrons. The Morgan fingerprint density at radius 2 is 2.24 bits per heavy atom. The van der Waals surface area contributed by atoms with Crippen molar-refractivity contribution < 1.29 is 4.79 Å². The first kappa shape index (κ1) is 23.0. The molecule has 0 bridgehead atoms. The maximum Gasteiger partial charge on any atom is 0.224 e. The van der Waals surface area contributed by atoms with E-state index >= 15 is 0 Å². The van der Waals surface area contributed by atoms with Crippen molar-refractivity contribution >= 4 is 53.8 Å². The van der Waals surface area contributed by atoms with Gasteiger partial charge in [-0.1, -0.05) is 13.8 Å². The Kier molecular flexibility index (Phi) is 10.1. The molecule has 2 aliphatic heterocycles. The van der Waals surface area contributed by atoms with Crippen LogP contribution in [-0.2, 0) is 4.79 Å². The fourth-order valence-electron chi connectivity index (χ4n) is 3.25. The number of nitrogens with zero attached hydrogens (tertiary/aromatic N) is 2. The van der Waals surface area contributed by atoms with Crippen molar-refractivity contribution in [1.29, 1.82) is 0 Å². The lowest BCUT2D eigenvalue weighted by Gasteiger charge is -2.33. The van der Waals surface area contributed by atoms with Crippen LogP contribution < -0.4 is 5.32 Å². The van der Waals surface area contributed by atoms with Crippen LogP contribution in [0.3, 0.4) is 0 Å². The zero-order valence-corrected chi connectivity index (χ0v) is 18.2. The number of hydrogen-bond acceptors (Lipinski definition) is 5. The Bertz CT molecular complexity index is 536. The van der Waals surface area contributed by atoms with E-state index in [0.717, 1.165) is 38.2 Å². The molecule has 1 aromatic rings. The maximum absolute atomic E-state index is 12.6. The molecular weight excluding hydrogens is 397 g/mol. The van der Waals surface area contributed by atoms with Gasteiger partial charge < -0.3 is 10.2 Å². The highest BCUT2D eigenvalue weighted by atomic mass is 35.5. The van der Waals surface area contributed by atoms with Crippen LogP contribution in [0.4, 0.5) is 0 Å². The molecule has 3 heterocycles. The van der Waals surface area contributed by atoms with Crippen LogP contribution in [-0.4, -0.2) is 53.0 Å². The zero-order chi connectivity index (χ0) is 16.2. The second-order valence-corrected chi connectivity index (χ2v) is 8.91. The van der Waals surface area contributed by atoms with E-state index in [-0.39, 0.29) is 24.8 Å². The summed E-state index contributed by atoms with van der Waals surface area (Å²) in [7, 11) is 0. The predicted molar refractivity (Wildman–Crippen MR) is 113 cm³/mol. The first-order chi connectivity index (χ1) is 11.1. The number of carbonyl (C=O) groups excluding carboxylic acids is 1. The summed E-state index contributed by atoms with van der Waals surface area (Å²) in [6.45, 7) is 7.17. The number of thiazole rings is 1. The van der Waals surface area contributed by atoms with Crippen molar-refractivity contribution in [2.75, 3.05) is 31.1 Å². The van der Waals surface area contributed by atoms with E-state index in [1.54, 1.807) is 11.3 Å². The van der Waals surface area contributed by atoms with Gasteiger partial charge in [0.1, 0.15) is 0 Å². The summed E-state index contributed by atoms with van der Waals surface area (Å²) in [6, 6.07) is 0.356.